The SMILES string of the molecule is O=[N+]([O-])c1ccc(N2CC[NH+](Cc3ccccc3Cl)CC2)cc1. The van der Waals surface area contributed by atoms with E-state index in [1.165, 1.54) is 10.5 Å². The summed E-state index contributed by atoms with van der Waals surface area (Å²) in [7, 11) is 0. The molecule has 1 heterocycles. The van der Waals surface area contributed by atoms with E-state index in [9.17, 15) is 10.1 Å². The second kappa shape index (κ2) is 6.98. The standard InChI is InChI=1S/C17H18ClN3O2/c18-17-4-2-1-3-14(17)13-19-9-11-20(12-10-19)15-5-7-16(8-6-15)21(22)23/h1-8H,9-13H2/p+1. The van der Waals surface area contributed by atoms with Gasteiger partial charge in [-0.2, -0.15) is 0 Å². The predicted molar refractivity (Wildman–Crippen MR) is 91.2 cm³/mol. The molecule has 0 amide bonds. The van der Waals surface area contributed by atoms with Gasteiger partial charge in [0.15, 0.2) is 0 Å². The fourth-order valence-electron chi connectivity index (χ4n) is 2.95. The van der Waals surface area contributed by atoms with Crippen LogP contribution in [0, 0.1) is 10.1 Å². The molecule has 1 aliphatic heterocycles. The molecule has 1 N–H and O–H groups in total. The van der Waals surface area contributed by atoms with Crippen molar-refractivity contribution >= 4 is 23.0 Å². The molecule has 3 rings (SSSR count). The molecule has 23 heavy (non-hydrogen) atoms. The van der Waals surface area contributed by atoms with E-state index in [0.717, 1.165) is 43.4 Å². The first-order valence-electron chi connectivity index (χ1n) is 7.70. The van der Waals surface area contributed by atoms with Crippen molar-refractivity contribution in [1.82, 2.24) is 0 Å². The molecule has 0 atom stereocenters. The highest BCUT2D eigenvalue weighted by Crippen LogP contribution is 2.19. The zero-order valence-electron chi connectivity index (χ0n) is 12.7. The van der Waals surface area contributed by atoms with Crippen molar-refractivity contribution in [2.45, 2.75) is 6.54 Å². The van der Waals surface area contributed by atoms with E-state index in [1.807, 2.05) is 30.3 Å². The van der Waals surface area contributed by atoms with Gasteiger partial charge in [-0.25, -0.2) is 0 Å². The summed E-state index contributed by atoms with van der Waals surface area (Å²) in [4.78, 5) is 14.1. The monoisotopic (exact) mass is 332 g/mol. The quantitative estimate of drug-likeness (QED) is 0.689. The Labute approximate surface area is 140 Å². The Balaban J connectivity index is 1.58. The largest absolute Gasteiger partial charge is 0.360 e. The number of nitro groups is 1. The second-order valence-corrected chi connectivity index (χ2v) is 6.19. The van der Waals surface area contributed by atoms with Crippen LogP contribution in [0.4, 0.5) is 11.4 Å². The number of halogens is 1. The van der Waals surface area contributed by atoms with Crippen LogP contribution in [0.1, 0.15) is 5.56 Å². The summed E-state index contributed by atoms with van der Waals surface area (Å²) in [5.74, 6) is 0. The minimum atomic E-state index is -0.366. The van der Waals surface area contributed by atoms with Gasteiger partial charge in [0, 0.05) is 28.4 Å². The molecule has 0 aliphatic carbocycles. The molecule has 2 aromatic carbocycles. The lowest BCUT2D eigenvalue weighted by Crippen LogP contribution is -3.13. The van der Waals surface area contributed by atoms with Crippen LogP contribution in [0.5, 0.6) is 0 Å². The van der Waals surface area contributed by atoms with Crippen molar-refractivity contribution in [3.63, 3.8) is 0 Å². The molecule has 6 heteroatoms. The maximum absolute atomic E-state index is 10.7. The molecule has 0 saturated carbocycles. The molecule has 120 valence electrons. The number of nitrogens with one attached hydrogen (secondary N) is 1. The van der Waals surface area contributed by atoms with Crippen molar-refractivity contribution in [3.8, 4) is 0 Å². The van der Waals surface area contributed by atoms with E-state index in [1.54, 1.807) is 12.1 Å². The van der Waals surface area contributed by atoms with E-state index in [4.69, 9.17) is 11.6 Å². The van der Waals surface area contributed by atoms with Crippen LogP contribution in [-0.2, 0) is 6.54 Å². The summed E-state index contributed by atoms with van der Waals surface area (Å²) in [6, 6.07) is 14.8. The van der Waals surface area contributed by atoms with Crippen LogP contribution in [0.3, 0.4) is 0 Å². The molecule has 1 fully saturated rings. The number of rotatable bonds is 4. The van der Waals surface area contributed by atoms with Crippen LogP contribution in [0.15, 0.2) is 48.5 Å². The highest BCUT2D eigenvalue weighted by Gasteiger charge is 2.21. The number of non-ortho nitro benzene ring substituents is 1. The van der Waals surface area contributed by atoms with Crippen LogP contribution in [0.2, 0.25) is 5.02 Å². The average molecular weight is 333 g/mol. The predicted octanol–water partition coefficient (Wildman–Crippen LogP) is 2.15. The van der Waals surface area contributed by atoms with Gasteiger partial charge >= 0.3 is 0 Å². The molecule has 0 spiro atoms. The second-order valence-electron chi connectivity index (χ2n) is 5.78. The lowest BCUT2D eigenvalue weighted by Gasteiger charge is -2.33. The molecular formula is C17H19ClN3O2+. The zero-order chi connectivity index (χ0) is 16.2. The number of hydrogen-bond donors (Lipinski definition) is 1. The van der Waals surface area contributed by atoms with Crippen molar-refractivity contribution in [2.75, 3.05) is 31.1 Å². The Morgan fingerprint density at radius 3 is 2.35 bits per heavy atom. The van der Waals surface area contributed by atoms with Crippen LogP contribution >= 0.6 is 11.6 Å². The molecule has 2 aromatic rings. The molecule has 5 nitrogen and oxygen atoms in total. The molecule has 0 aromatic heterocycles. The minimum absolute atomic E-state index is 0.136. The van der Waals surface area contributed by atoms with Crippen LogP contribution in [0.25, 0.3) is 0 Å². The lowest BCUT2D eigenvalue weighted by molar-refractivity contribution is -0.914. The third-order valence-electron chi connectivity index (χ3n) is 4.29. The summed E-state index contributed by atoms with van der Waals surface area (Å²) in [5, 5.41) is 11.5. The van der Waals surface area contributed by atoms with Crippen molar-refractivity contribution in [3.05, 3.63) is 69.2 Å². The van der Waals surface area contributed by atoms with Gasteiger partial charge in [0.05, 0.1) is 31.1 Å². The highest BCUT2D eigenvalue weighted by molar-refractivity contribution is 6.31. The van der Waals surface area contributed by atoms with E-state index in [2.05, 4.69) is 11.0 Å². The third-order valence-corrected chi connectivity index (χ3v) is 4.66. The summed E-state index contributed by atoms with van der Waals surface area (Å²) in [6.45, 7) is 4.88. The fourth-order valence-corrected chi connectivity index (χ4v) is 3.16. The van der Waals surface area contributed by atoms with Crippen LogP contribution in [-0.4, -0.2) is 31.1 Å². The fraction of sp³-hybridized carbons (Fsp3) is 0.294. The van der Waals surface area contributed by atoms with E-state index in [0.29, 0.717) is 0 Å². The Bertz CT molecular complexity index is 682. The Morgan fingerprint density at radius 1 is 1.09 bits per heavy atom. The molecule has 0 unspecified atom stereocenters. The Kier molecular flexibility index (Phi) is 4.79. The van der Waals surface area contributed by atoms with Gasteiger partial charge in [0.2, 0.25) is 0 Å². The van der Waals surface area contributed by atoms with Crippen molar-refractivity contribution in [2.24, 2.45) is 0 Å². The van der Waals surface area contributed by atoms with Crippen molar-refractivity contribution in [1.29, 1.82) is 0 Å². The first-order valence-corrected chi connectivity index (χ1v) is 8.07. The minimum Gasteiger partial charge on any atom is -0.360 e. The molecule has 1 aliphatic rings. The average Bonchev–Trinajstić information content (AvgIpc) is 2.58. The number of benzene rings is 2. The zero-order valence-corrected chi connectivity index (χ0v) is 13.5. The smallest absolute Gasteiger partial charge is 0.269 e. The Hall–Kier alpha value is -2.11. The number of nitro benzene ring substituents is 1. The third kappa shape index (κ3) is 3.81. The number of quaternary nitrogens is 1. The summed E-state index contributed by atoms with van der Waals surface area (Å²) < 4.78 is 0. The van der Waals surface area contributed by atoms with E-state index in [-0.39, 0.29) is 10.6 Å². The first kappa shape index (κ1) is 15.8. The van der Waals surface area contributed by atoms with Gasteiger partial charge in [0.1, 0.15) is 6.54 Å². The molecule has 0 bridgehead atoms. The topological polar surface area (TPSA) is 50.8 Å². The van der Waals surface area contributed by atoms with Crippen molar-refractivity contribution < 1.29 is 9.82 Å². The summed E-state index contributed by atoms with van der Waals surface area (Å²) in [6.07, 6.45) is 0. The maximum atomic E-state index is 10.7. The van der Waals surface area contributed by atoms with Gasteiger partial charge < -0.3 is 9.80 Å². The molecule has 1 saturated heterocycles. The van der Waals surface area contributed by atoms with Gasteiger partial charge in [0.25, 0.3) is 5.69 Å². The first-order chi connectivity index (χ1) is 11.1. The van der Waals surface area contributed by atoms with E-state index < -0.39 is 0 Å². The summed E-state index contributed by atoms with van der Waals surface area (Å²) in [5.41, 5.74) is 2.37. The lowest BCUT2D eigenvalue weighted by atomic mass is 10.2. The highest BCUT2D eigenvalue weighted by atomic mass is 35.5. The Morgan fingerprint density at radius 2 is 1.74 bits per heavy atom. The van der Waals surface area contributed by atoms with E-state index >= 15 is 0 Å². The maximum Gasteiger partial charge on any atom is 0.269 e. The number of piperazine rings is 1. The van der Waals surface area contributed by atoms with Gasteiger partial charge in [-0.1, -0.05) is 29.8 Å². The molecular weight excluding hydrogens is 314 g/mol. The summed E-state index contributed by atoms with van der Waals surface area (Å²) >= 11 is 6.23. The normalized spacial score (nSPS) is 15.6. The van der Waals surface area contributed by atoms with Gasteiger partial charge in [-0.3, -0.25) is 10.1 Å². The number of nitrogens with zero attached hydrogens (tertiary/aromatic N) is 2. The van der Waals surface area contributed by atoms with Crippen LogP contribution < -0.4 is 9.80 Å². The van der Waals surface area contributed by atoms with Gasteiger partial charge in [-0.05, 0) is 18.2 Å². The number of anilines is 1. The van der Waals surface area contributed by atoms with Gasteiger partial charge in [-0.15, -0.1) is 0 Å². The molecule has 0 radical (unpaired) electrons. The number of hydrogen-bond acceptors (Lipinski definition) is 3.